The zero-order valence-electron chi connectivity index (χ0n) is 19.2. The standard InChI is InChI=1S/C32H20N2O/c1-18-8-3-6-13-25(18)33-32-19(2)21-11-7-12-23-29-26(34(32)30(21)23)16-15-24-28-22-10-5-4-9-20(22)14-17-27(28)35-31(24)29/h3-17H,1H2,2H3. The van der Waals surface area contributed by atoms with E-state index in [2.05, 4.69) is 84.6 Å². The van der Waals surface area contributed by atoms with Crippen LogP contribution in [-0.2, 0) is 0 Å². The van der Waals surface area contributed by atoms with Gasteiger partial charge in [-0.1, -0.05) is 73.3 Å². The highest BCUT2D eigenvalue weighted by Crippen LogP contribution is 2.45. The van der Waals surface area contributed by atoms with Crippen LogP contribution in [0.5, 0.6) is 0 Å². The van der Waals surface area contributed by atoms with Gasteiger partial charge in [0.1, 0.15) is 17.0 Å². The molecule has 7 aromatic rings. The van der Waals surface area contributed by atoms with Crippen LogP contribution < -0.4 is 0 Å². The molecule has 0 spiro atoms. The summed E-state index contributed by atoms with van der Waals surface area (Å²) in [6, 6.07) is 23.7. The predicted octanol–water partition coefficient (Wildman–Crippen LogP) is 8.80. The van der Waals surface area contributed by atoms with E-state index in [-0.39, 0.29) is 0 Å². The number of rotatable bonds is 1. The SMILES string of the molecule is C=C1C=CC=CC1=Nc1c(C)c2cccc3c4c5oc6ccc7ccccc7c6c5ccc4n1c23. The van der Waals surface area contributed by atoms with Gasteiger partial charge < -0.3 is 4.42 Å². The Morgan fingerprint density at radius 3 is 2.51 bits per heavy atom. The molecule has 3 nitrogen and oxygen atoms in total. The second-order valence-electron chi connectivity index (χ2n) is 9.32. The summed E-state index contributed by atoms with van der Waals surface area (Å²) in [5.74, 6) is 0.947. The highest BCUT2D eigenvalue weighted by Gasteiger charge is 2.23. The Morgan fingerprint density at radius 1 is 0.771 bits per heavy atom. The molecule has 0 saturated carbocycles. The molecule has 0 amide bonds. The van der Waals surface area contributed by atoms with Crippen LogP contribution in [0.3, 0.4) is 0 Å². The summed E-state index contributed by atoms with van der Waals surface area (Å²) < 4.78 is 8.89. The van der Waals surface area contributed by atoms with Gasteiger partial charge in [-0.25, -0.2) is 4.99 Å². The minimum absolute atomic E-state index is 0.890. The van der Waals surface area contributed by atoms with Crippen molar-refractivity contribution in [2.24, 2.45) is 4.99 Å². The smallest absolute Gasteiger partial charge is 0.145 e. The van der Waals surface area contributed by atoms with Crippen LogP contribution in [0.15, 0.2) is 113 Å². The lowest BCUT2D eigenvalue weighted by atomic mass is 10.0. The van der Waals surface area contributed by atoms with Gasteiger partial charge in [0.2, 0.25) is 0 Å². The van der Waals surface area contributed by atoms with Gasteiger partial charge in [-0.05, 0) is 47.5 Å². The van der Waals surface area contributed by atoms with Gasteiger partial charge in [0.05, 0.1) is 22.1 Å². The Kier molecular flexibility index (Phi) is 3.48. The van der Waals surface area contributed by atoms with Crippen LogP contribution in [0.1, 0.15) is 5.56 Å². The zero-order chi connectivity index (χ0) is 23.3. The summed E-state index contributed by atoms with van der Waals surface area (Å²) in [5.41, 5.74) is 7.14. The molecular weight excluding hydrogens is 428 g/mol. The Hall–Kier alpha value is -4.63. The molecule has 3 heterocycles. The van der Waals surface area contributed by atoms with E-state index in [0.29, 0.717) is 0 Å². The van der Waals surface area contributed by atoms with Gasteiger partial charge in [-0.3, -0.25) is 4.40 Å². The number of aromatic nitrogens is 1. The third-order valence-corrected chi connectivity index (χ3v) is 7.45. The van der Waals surface area contributed by atoms with E-state index in [4.69, 9.17) is 9.41 Å². The van der Waals surface area contributed by atoms with Gasteiger partial charge in [0.25, 0.3) is 0 Å². The lowest BCUT2D eigenvalue weighted by molar-refractivity contribution is 0.673. The number of nitrogens with zero attached hydrogens (tertiary/aromatic N) is 2. The third kappa shape index (κ3) is 2.32. The summed E-state index contributed by atoms with van der Waals surface area (Å²) in [5, 5.41) is 8.32. The van der Waals surface area contributed by atoms with E-state index < -0.39 is 0 Å². The molecule has 0 bridgehead atoms. The van der Waals surface area contributed by atoms with Gasteiger partial charge in [-0.2, -0.15) is 0 Å². The van der Waals surface area contributed by atoms with Gasteiger partial charge in [-0.15, -0.1) is 0 Å². The summed E-state index contributed by atoms with van der Waals surface area (Å²) in [4.78, 5) is 5.11. The summed E-state index contributed by atoms with van der Waals surface area (Å²) in [6.45, 7) is 6.34. The molecule has 0 aliphatic heterocycles. The van der Waals surface area contributed by atoms with E-state index in [0.717, 1.165) is 44.6 Å². The van der Waals surface area contributed by atoms with Gasteiger partial charge in [0.15, 0.2) is 0 Å². The number of fused-ring (bicyclic) bond motifs is 9. The first kappa shape index (κ1) is 18.8. The molecule has 0 unspecified atom stereocenters. The molecule has 4 aromatic carbocycles. The molecule has 3 aromatic heterocycles. The minimum atomic E-state index is 0.890. The second kappa shape index (κ2) is 6.49. The highest BCUT2D eigenvalue weighted by molar-refractivity contribution is 6.29. The molecule has 0 N–H and O–H groups in total. The van der Waals surface area contributed by atoms with Crippen LogP contribution in [-0.4, -0.2) is 10.1 Å². The van der Waals surface area contributed by atoms with Crippen LogP contribution in [0.25, 0.3) is 59.9 Å². The maximum Gasteiger partial charge on any atom is 0.145 e. The highest BCUT2D eigenvalue weighted by atomic mass is 16.3. The van der Waals surface area contributed by atoms with Crippen molar-refractivity contribution >= 4 is 71.4 Å². The van der Waals surface area contributed by atoms with Gasteiger partial charge in [0, 0.05) is 27.1 Å². The Bertz CT molecular complexity index is 2130. The molecule has 164 valence electrons. The quantitative estimate of drug-likeness (QED) is 0.247. The molecule has 35 heavy (non-hydrogen) atoms. The maximum absolute atomic E-state index is 6.59. The number of hydrogen-bond donors (Lipinski definition) is 0. The first-order chi connectivity index (χ1) is 17.2. The number of furan rings is 1. The van der Waals surface area contributed by atoms with Crippen LogP contribution in [0, 0.1) is 6.92 Å². The monoisotopic (exact) mass is 448 g/mol. The van der Waals surface area contributed by atoms with E-state index in [9.17, 15) is 0 Å². The van der Waals surface area contributed by atoms with Crippen molar-refractivity contribution in [3.05, 3.63) is 109 Å². The molecule has 0 radical (unpaired) electrons. The second-order valence-corrected chi connectivity index (χ2v) is 9.32. The topological polar surface area (TPSA) is 29.9 Å². The maximum atomic E-state index is 6.59. The largest absolute Gasteiger partial charge is 0.455 e. The number of benzene rings is 4. The van der Waals surface area contributed by atoms with Crippen molar-refractivity contribution in [1.29, 1.82) is 0 Å². The Labute approximate surface area is 200 Å². The number of hydrogen-bond acceptors (Lipinski definition) is 2. The van der Waals surface area contributed by atoms with Crippen molar-refractivity contribution in [2.45, 2.75) is 6.92 Å². The summed E-state index contributed by atoms with van der Waals surface area (Å²) >= 11 is 0. The summed E-state index contributed by atoms with van der Waals surface area (Å²) in [7, 11) is 0. The third-order valence-electron chi connectivity index (χ3n) is 7.45. The van der Waals surface area contributed by atoms with Crippen LogP contribution in [0.4, 0.5) is 5.82 Å². The molecule has 0 atom stereocenters. The lowest BCUT2D eigenvalue weighted by Gasteiger charge is -2.06. The molecule has 3 heteroatoms. The molecule has 8 rings (SSSR count). The fourth-order valence-electron chi connectivity index (χ4n) is 5.83. The lowest BCUT2D eigenvalue weighted by Crippen LogP contribution is -1.98. The predicted molar refractivity (Wildman–Crippen MR) is 148 cm³/mol. The van der Waals surface area contributed by atoms with Crippen molar-refractivity contribution in [2.75, 3.05) is 0 Å². The average molecular weight is 449 g/mol. The molecule has 0 fully saturated rings. The van der Waals surface area contributed by atoms with Crippen molar-refractivity contribution < 1.29 is 4.42 Å². The fraction of sp³-hybridized carbons (Fsp3) is 0.0312. The molecular formula is C32H20N2O. The van der Waals surface area contributed by atoms with Crippen molar-refractivity contribution in [3.63, 3.8) is 0 Å². The number of aliphatic imine (C=N–C) groups is 1. The van der Waals surface area contributed by atoms with E-state index in [1.165, 1.54) is 38.0 Å². The average Bonchev–Trinajstić information content (AvgIpc) is 3.52. The van der Waals surface area contributed by atoms with Crippen molar-refractivity contribution in [3.8, 4) is 0 Å². The zero-order valence-corrected chi connectivity index (χ0v) is 19.2. The summed E-state index contributed by atoms with van der Waals surface area (Å²) in [6.07, 6.45) is 8.04. The Balaban J connectivity index is 1.56. The molecule has 1 aliphatic rings. The van der Waals surface area contributed by atoms with Crippen LogP contribution in [0.2, 0.25) is 0 Å². The molecule has 0 saturated heterocycles. The van der Waals surface area contributed by atoms with Crippen LogP contribution >= 0.6 is 0 Å². The number of para-hydroxylation sites is 1. The first-order valence-electron chi connectivity index (χ1n) is 11.8. The Morgan fingerprint density at radius 2 is 1.60 bits per heavy atom. The van der Waals surface area contributed by atoms with Crippen molar-refractivity contribution in [1.82, 2.24) is 4.40 Å². The number of aryl methyl sites for hydroxylation is 1. The van der Waals surface area contributed by atoms with E-state index in [1.54, 1.807) is 0 Å². The first-order valence-corrected chi connectivity index (χ1v) is 11.8. The normalized spacial score (nSPS) is 15.5. The number of allylic oxidation sites excluding steroid dienone is 5. The minimum Gasteiger partial charge on any atom is -0.455 e. The van der Waals surface area contributed by atoms with E-state index in [1.807, 2.05) is 24.3 Å². The van der Waals surface area contributed by atoms with E-state index >= 15 is 0 Å². The molecule has 1 aliphatic carbocycles. The fourth-order valence-corrected chi connectivity index (χ4v) is 5.83. The van der Waals surface area contributed by atoms with Gasteiger partial charge >= 0.3 is 0 Å².